The van der Waals surface area contributed by atoms with Crippen LogP contribution in [-0.2, 0) is 6.42 Å². The third kappa shape index (κ3) is 4.58. The highest BCUT2D eigenvalue weighted by Gasteiger charge is 2.29. The van der Waals surface area contributed by atoms with Crippen molar-refractivity contribution in [2.45, 2.75) is 19.3 Å². The number of ether oxygens (including phenoxy) is 1. The van der Waals surface area contributed by atoms with Gasteiger partial charge in [0.15, 0.2) is 0 Å². The molecule has 1 aliphatic carbocycles. The highest BCUT2D eigenvalue weighted by Crippen LogP contribution is 2.31. The van der Waals surface area contributed by atoms with E-state index in [9.17, 15) is 9.18 Å². The Balaban J connectivity index is 1.40. The van der Waals surface area contributed by atoms with Gasteiger partial charge in [-0.25, -0.2) is 9.37 Å². The molecule has 0 atom stereocenters. The Bertz CT molecular complexity index is 1280. The van der Waals surface area contributed by atoms with E-state index in [1.54, 1.807) is 31.6 Å². The highest BCUT2D eigenvalue weighted by atomic mass is 19.1. The van der Waals surface area contributed by atoms with Crippen LogP contribution in [0.4, 0.5) is 4.39 Å². The highest BCUT2D eigenvalue weighted by molar-refractivity contribution is 5.99. The van der Waals surface area contributed by atoms with E-state index in [4.69, 9.17) is 4.74 Å². The summed E-state index contributed by atoms with van der Waals surface area (Å²) in [5, 5.41) is 0.984. The lowest BCUT2D eigenvalue weighted by Crippen LogP contribution is -2.35. The van der Waals surface area contributed by atoms with Crippen LogP contribution in [0.15, 0.2) is 61.1 Å². The molecule has 168 valence electrons. The zero-order valence-corrected chi connectivity index (χ0v) is 18.4. The molecule has 1 amide bonds. The van der Waals surface area contributed by atoms with Crippen molar-refractivity contribution < 1.29 is 13.9 Å². The summed E-state index contributed by atoms with van der Waals surface area (Å²) in [4.78, 5) is 27.4. The number of hydrogen-bond donors (Lipinski definition) is 1. The molecule has 3 aromatic heterocycles. The molecule has 1 fully saturated rings. The third-order valence-electron chi connectivity index (χ3n) is 6.11. The topological polar surface area (TPSA) is 71.1 Å². The summed E-state index contributed by atoms with van der Waals surface area (Å²) in [7, 11) is 1.57. The monoisotopic (exact) mass is 444 g/mol. The van der Waals surface area contributed by atoms with Crippen molar-refractivity contribution >= 4 is 16.8 Å². The van der Waals surface area contributed by atoms with Gasteiger partial charge in [-0.05, 0) is 61.1 Å². The molecule has 6 nitrogen and oxygen atoms in total. The number of nitrogens with one attached hydrogen (secondary N) is 1. The minimum Gasteiger partial charge on any atom is -0.481 e. The van der Waals surface area contributed by atoms with Crippen LogP contribution in [0.3, 0.4) is 0 Å². The van der Waals surface area contributed by atoms with Crippen LogP contribution in [0.2, 0.25) is 0 Å². The van der Waals surface area contributed by atoms with Gasteiger partial charge in [0.2, 0.25) is 5.88 Å². The van der Waals surface area contributed by atoms with E-state index in [2.05, 4.69) is 15.0 Å². The summed E-state index contributed by atoms with van der Waals surface area (Å²) in [5.41, 5.74) is 3.83. The number of rotatable bonds is 8. The van der Waals surface area contributed by atoms with E-state index in [-0.39, 0.29) is 11.7 Å². The molecule has 5 rings (SSSR count). The molecule has 1 aromatic carbocycles. The van der Waals surface area contributed by atoms with E-state index in [1.807, 2.05) is 29.3 Å². The zero-order chi connectivity index (χ0) is 22.8. The van der Waals surface area contributed by atoms with Crippen LogP contribution in [0.25, 0.3) is 22.0 Å². The fourth-order valence-corrected chi connectivity index (χ4v) is 4.13. The molecule has 33 heavy (non-hydrogen) atoms. The number of pyridine rings is 2. The zero-order valence-electron chi connectivity index (χ0n) is 18.4. The number of aromatic amines is 1. The first-order valence-corrected chi connectivity index (χ1v) is 11.1. The van der Waals surface area contributed by atoms with Crippen molar-refractivity contribution in [1.29, 1.82) is 0 Å². The molecule has 0 radical (unpaired) electrons. The second-order valence-corrected chi connectivity index (χ2v) is 8.44. The lowest BCUT2D eigenvalue weighted by atomic mass is 10.0. The third-order valence-corrected chi connectivity index (χ3v) is 6.11. The summed E-state index contributed by atoms with van der Waals surface area (Å²) in [6.45, 7) is 1.28. The van der Waals surface area contributed by atoms with Gasteiger partial charge in [0.1, 0.15) is 11.5 Å². The number of fused-ring (bicyclic) bond motifs is 1. The Morgan fingerprint density at radius 2 is 2.09 bits per heavy atom. The molecule has 4 aromatic rings. The number of halogens is 1. The Morgan fingerprint density at radius 3 is 2.85 bits per heavy atom. The van der Waals surface area contributed by atoms with Gasteiger partial charge in [0, 0.05) is 59.8 Å². The first-order valence-electron chi connectivity index (χ1n) is 11.1. The summed E-state index contributed by atoms with van der Waals surface area (Å²) < 4.78 is 18.7. The summed E-state index contributed by atoms with van der Waals surface area (Å²) >= 11 is 0. The van der Waals surface area contributed by atoms with Crippen LogP contribution in [0.5, 0.6) is 5.88 Å². The molecule has 0 bridgehead atoms. The number of benzene rings is 1. The maximum Gasteiger partial charge on any atom is 0.273 e. The molecule has 1 saturated carbocycles. The van der Waals surface area contributed by atoms with Crippen molar-refractivity contribution in [3.63, 3.8) is 0 Å². The van der Waals surface area contributed by atoms with Crippen LogP contribution >= 0.6 is 0 Å². The fraction of sp³-hybridized carbons (Fsp3) is 0.269. The van der Waals surface area contributed by atoms with Crippen molar-refractivity contribution in [3.05, 3.63) is 78.1 Å². The van der Waals surface area contributed by atoms with Gasteiger partial charge in [-0.3, -0.25) is 9.78 Å². The molecule has 0 spiro atoms. The lowest BCUT2D eigenvalue weighted by molar-refractivity contribution is 0.0744. The SMILES string of the molecule is COc1ccc(-c2cccnc2C(=O)N(CCc2c[nH]c3cc(F)ccc23)CC2CC2)cn1. The molecule has 1 aliphatic rings. The standard InChI is InChI=1S/C26H25FN4O2/c1-33-24-9-6-18(15-30-24)22-3-2-11-28-25(22)26(32)31(16-17-4-5-17)12-10-19-14-29-23-13-20(27)7-8-21(19)23/h2-3,6-9,11,13-15,17,29H,4-5,10,12,16H2,1H3. The first-order chi connectivity index (χ1) is 16.1. The van der Waals surface area contributed by atoms with Crippen molar-refractivity contribution in [2.24, 2.45) is 5.92 Å². The van der Waals surface area contributed by atoms with Gasteiger partial charge in [-0.2, -0.15) is 0 Å². The number of methoxy groups -OCH3 is 1. The van der Waals surface area contributed by atoms with E-state index in [1.165, 1.54) is 12.1 Å². The Labute approximate surface area is 191 Å². The number of aromatic nitrogens is 3. The number of H-pyrrole nitrogens is 1. The molecule has 0 saturated heterocycles. The van der Waals surface area contributed by atoms with Gasteiger partial charge in [-0.15, -0.1) is 0 Å². The summed E-state index contributed by atoms with van der Waals surface area (Å²) in [6.07, 6.45) is 8.22. The van der Waals surface area contributed by atoms with E-state index in [0.717, 1.165) is 40.4 Å². The fourth-order valence-electron chi connectivity index (χ4n) is 4.13. The first kappa shape index (κ1) is 21.1. The lowest BCUT2D eigenvalue weighted by Gasteiger charge is -2.23. The Kier molecular flexibility index (Phi) is 5.77. The quantitative estimate of drug-likeness (QED) is 0.421. The average Bonchev–Trinajstić information content (AvgIpc) is 3.59. The number of hydrogen-bond acceptors (Lipinski definition) is 4. The van der Waals surface area contributed by atoms with E-state index < -0.39 is 0 Å². The second kappa shape index (κ2) is 9.02. The predicted molar refractivity (Wildman–Crippen MR) is 125 cm³/mol. The van der Waals surface area contributed by atoms with E-state index >= 15 is 0 Å². The largest absolute Gasteiger partial charge is 0.481 e. The minimum atomic E-state index is -0.267. The molecule has 7 heteroatoms. The molecular weight excluding hydrogens is 419 g/mol. The normalized spacial score (nSPS) is 13.3. The molecule has 1 N–H and O–H groups in total. The molecule has 3 heterocycles. The second-order valence-electron chi connectivity index (χ2n) is 8.44. The smallest absolute Gasteiger partial charge is 0.273 e. The van der Waals surface area contributed by atoms with E-state index in [0.29, 0.717) is 37.0 Å². The maximum absolute atomic E-state index is 13.7. The van der Waals surface area contributed by atoms with Crippen LogP contribution in [0.1, 0.15) is 28.9 Å². The number of nitrogens with zero attached hydrogens (tertiary/aromatic N) is 3. The summed E-state index contributed by atoms with van der Waals surface area (Å²) in [6, 6.07) is 12.1. The van der Waals surface area contributed by atoms with Gasteiger partial charge in [0.25, 0.3) is 5.91 Å². The molecular formula is C26H25FN4O2. The maximum atomic E-state index is 13.7. The Morgan fingerprint density at radius 1 is 1.21 bits per heavy atom. The predicted octanol–water partition coefficient (Wildman–Crippen LogP) is 4.87. The minimum absolute atomic E-state index is 0.0841. The summed E-state index contributed by atoms with van der Waals surface area (Å²) in [5.74, 6) is 0.710. The van der Waals surface area contributed by atoms with Gasteiger partial charge in [0.05, 0.1) is 7.11 Å². The number of carbonyl (C=O) groups excluding carboxylic acids is 1. The van der Waals surface area contributed by atoms with Gasteiger partial charge in [-0.1, -0.05) is 6.07 Å². The van der Waals surface area contributed by atoms with Crippen molar-refractivity contribution in [3.8, 4) is 17.0 Å². The number of amides is 1. The van der Waals surface area contributed by atoms with Crippen LogP contribution in [-0.4, -0.2) is 46.0 Å². The van der Waals surface area contributed by atoms with Crippen LogP contribution < -0.4 is 4.74 Å². The number of carbonyl (C=O) groups is 1. The van der Waals surface area contributed by atoms with Gasteiger partial charge < -0.3 is 14.6 Å². The van der Waals surface area contributed by atoms with Crippen LogP contribution in [0, 0.1) is 11.7 Å². The molecule has 0 unspecified atom stereocenters. The Hall–Kier alpha value is -3.74. The average molecular weight is 445 g/mol. The van der Waals surface area contributed by atoms with Gasteiger partial charge >= 0.3 is 0 Å². The van der Waals surface area contributed by atoms with Crippen molar-refractivity contribution in [2.75, 3.05) is 20.2 Å². The molecule has 0 aliphatic heterocycles. The van der Waals surface area contributed by atoms with Crippen molar-refractivity contribution in [1.82, 2.24) is 19.9 Å².